The summed E-state index contributed by atoms with van der Waals surface area (Å²) in [4.78, 5) is 39.1. The number of benzene rings is 3. The minimum Gasteiger partial charge on any atom is -0.457 e. The number of hydrogen-bond acceptors (Lipinski definition) is 5. The van der Waals surface area contributed by atoms with Gasteiger partial charge in [-0.1, -0.05) is 15.9 Å². The summed E-state index contributed by atoms with van der Waals surface area (Å²) >= 11 is 3.38. The monoisotopic (exact) mass is 508 g/mol. The molecule has 0 unspecified atom stereocenters. The van der Waals surface area contributed by atoms with Crippen molar-refractivity contribution < 1.29 is 23.9 Å². The summed E-state index contributed by atoms with van der Waals surface area (Å²) in [5, 5.41) is 2.80. The van der Waals surface area contributed by atoms with E-state index in [4.69, 9.17) is 9.47 Å². The molecule has 0 fully saturated rings. The Balaban J connectivity index is 1.42. The van der Waals surface area contributed by atoms with Gasteiger partial charge in [-0.15, -0.1) is 0 Å². The highest BCUT2D eigenvalue weighted by molar-refractivity contribution is 9.10. The van der Waals surface area contributed by atoms with E-state index in [1.54, 1.807) is 37.4 Å². The van der Waals surface area contributed by atoms with Crippen molar-refractivity contribution >= 4 is 39.3 Å². The third kappa shape index (κ3) is 5.13. The molecular weight excluding hydrogens is 488 g/mol. The lowest BCUT2D eigenvalue weighted by Crippen LogP contribution is -2.31. The lowest BCUT2D eigenvalue weighted by atomic mass is 10.1. The first-order valence-electron chi connectivity index (χ1n) is 10.3. The Morgan fingerprint density at radius 2 is 1.55 bits per heavy atom. The molecule has 3 aromatic carbocycles. The smallest absolute Gasteiger partial charge is 0.261 e. The first-order chi connectivity index (χ1) is 16.0. The minimum atomic E-state index is -0.393. The minimum absolute atomic E-state index is 0.239. The molecule has 33 heavy (non-hydrogen) atoms. The number of halogens is 1. The van der Waals surface area contributed by atoms with Crippen LogP contribution >= 0.6 is 15.9 Å². The van der Waals surface area contributed by atoms with Crippen molar-refractivity contribution in [3.63, 3.8) is 0 Å². The fourth-order valence-electron chi connectivity index (χ4n) is 3.45. The second kappa shape index (κ2) is 9.97. The third-order valence-corrected chi connectivity index (χ3v) is 5.65. The lowest BCUT2D eigenvalue weighted by molar-refractivity contribution is 0.0638. The zero-order chi connectivity index (χ0) is 23.4. The highest BCUT2D eigenvalue weighted by Crippen LogP contribution is 2.26. The first kappa shape index (κ1) is 22.7. The molecule has 1 aliphatic rings. The molecule has 168 valence electrons. The number of rotatable bonds is 8. The van der Waals surface area contributed by atoms with Gasteiger partial charge in [0.2, 0.25) is 0 Å². The molecule has 4 rings (SSSR count). The van der Waals surface area contributed by atoms with Gasteiger partial charge in [-0.2, -0.15) is 0 Å². The molecule has 0 radical (unpaired) electrons. The Morgan fingerprint density at radius 3 is 2.21 bits per heavy atom. The van der Waals surface area contributed by atoms with Gasteiger partial charge in [0.25, 0.3) is 17.7 Å². The third-order valence-electron chi connectivity index (χ3n) is 5.12. The van der Waals surface area contributed by atoms with Crippen molar-refractivity contribution in [3.05, 3.63) is 87.9 Å². The van der Waals surface area contributed by atoms with Crippen LogP contribution in [0.4, 0.5) is 5.69 Å². The number of anilines is 1. The van der Waals surface area contributed by atoms with Gasteiger partial charge < -0.3 is 14.8 Å². The van der Waals surface area contributed by atoms with E-state index < -0.39 is 5.91 Å². The summed E-state index contributed by atoms with van der Waals surface area (Å²) < 4.78 is 11.7. The van der Waals surface area contributed by atoms with E-state index in [1.165, 1.54) is 17.0 Å². The van der Waals surface area contributed by atoms with E-state index in [2.05, 4.69) is 21.2 Å². The van der Waals surface area contributed by atoms with Crippen LogP contribution in [-0.4, -0.2) is 42.9 Å². The quantitative estimate of drug-likeness (QED) is 0.337. The van der Waals surface area contributed by atoms with E-state index in [0.29, 0.717) is 41.3 Å². The maximum absolute atomic E-state index is 12.7. The number of hydrogen-bond donors (Lipinski definition) is 1. The van der Waals surface area contributed by atoms with Gasteiger partial charge in [-0.3, -0.25) is 19.3 Å². The van der Waals surface area contributed by atoms with Crippen molar-refractivity contribution in [2.24, 2.45) is 0 Å². The van der Waals surface area contributed by atoms with Crippen molar-refractivity contribution in [2.45, 2.75) is 6.42 Å². The standard InChI is InChI=1S/C25H21BrN2O5/c1-32-14-2-13-28-24(30)21-12-3-16(15-22(21)25(28)31)23(29)27-18-6-10-20(11-7-18)33-19-8-4-17(26)5-9-19/h3-12,15H,2,13-14H2,1H3,(H,27,29). The number of nitrogens with one attached hydrogen (secondary N) is 1. The molecule has 1 aliphatic heterocycles. The first-order valence-corrected chi connectivity index (χ1v) is 11.1. The molecule has 3 aromatic rings. The molecule has 0 saturated heterocycles. The van der Waals surface area contributed by atoms with Gasteiger partial charge in [-0.05, 0) is 73.2 Å². The van der Waals surface area contributed by atoms with Crippen molar-refractivity contribution in [1.82, 2.24) is 4.90 Å². The average Bonchev–Trinajstić information content (AvgIpc) is 3.06. The van der Waals surface area contributed by atoms with Crippen LogP contribution in [0, 0.1) is 0 Å². The highest BCUT2D eigenvalue weighted by Gasteiger charge is 2.35. The molecule has 0 aliphatic carbocycles. The second-order valence-electron chi connectivity index (χ2n) is 7.40. The molecule has 0 aromatic heterocycles. The number of methoxy groups -OCH3 is 1. The number of fused-ring (bicyclic) bond motifs is 1. The Bertz CT molecular complexity index is 1190. The van der Waals surface area contributed by atoms with E-state index in [1.807, 2.05) is 24.3 Å². The lowest BCUT2D eigenvalue weighted by Gasteiger charge is -2.12. The molecule has 0 atom stereocenters. The molecule has 0 spiro atoms. The zero-order valence-electron chi connectivity index (χ0n) is 17.8. The summed E-state index contributed by atoms with van der Waals surface area (Å²) in [6, 6.07) is 19.0. The number of amides is 3. The summed E-state index contributed by atoms with van der Waals surface area (Å²) in [5.74, 6) is 0.209. The van der Waals surface area contributed by atoms with Crippen LogP contribution in [0.15, 0.2) is 71.2 Å². The van der Waals surface area contributed by atoms with Crippen LogP contribution in [-0.2, 0) is 4.74 Å². The molecular formula is C25H21BrN2O5. The summed E-state index contributed by atoms with van der Waals surface area (Å²) in [6.07, 6.45) is 0.552. The van der Waals surface area contributed by atoms with Crippen LogP contribution in [0.3, 0.4) is 0 Å². The van der Waals surface area contributed by atoms with Crippen LogP contribution in [0.2, 0.25) is 0 Å². The fourth-order valence-corrected chi connectivity index (χ4v) is 3.71. The normalized spacial score (nSPS) is 12.6. The van der Waals surface area contributed by atoms with E-state index in [-0.39, 0.29) is 23.9 Å². The second-order valence-corrected chi connectivity index (χ2v) is 8.32. The van der Waals surface area contributed by atoms with Crippen molar-refractivity contribution in [2.75, 3.05) is 25.6 Å². The highest BCUT2D eigenvalue weighted by atomic mass is 79.9. The largest absolute Gasteiger partial charge is 0.457 e. The topological polar surface area (TPSA) is 84.9 Å². The number of imide groups is 1. The van der Waals surface area contributed by atoms with Crippen molar-refractivity contribution in [1.29, 1.82) is 0 Å². The maximum atomic E-state index is 12.7. The maximum Gasteiger partial charge on any atom is 0.261 e. The average molecular weight is 509 g/mol. The van der Waals surface area contributed by atoms with E-state index >= 15 is 0 Å². The van der Waals surface area contributed by atoms with Crippen LogP contribution in [0.1, 0.15) is 37.5 Å². The van der Waals surface area contributed by atoms with Crippen LogP contribution < -0.4 is 10.1 Å². The number of carbonyl (C=O) groups is 3. The molecule has 7 nitrogen and oxygen atoms in total. The number of ether oxygens (including phenoxy) is 2. The van der Waals surface area contributed by atoms with Gasteiger partial charge in [0.15, 0.2) is 0 Å². The summed E-state index contributed by atoms with van der Waals surface area (Å²) in [6.45, 7) is 0.727. The summed E-state index contributed by atoms with van der Waals surface area (Å²) in [7, 11) is 1.57. The molecule has 1 heterocycles. The summed E-state index contributed by atoms with van der Waals surface area (Å²) in [5.41, 5.74) is 1.42. The molecule has 8 heteroatoms. The SMILES string of the molecule is COCCCN1C(=O)c2ccc(C(=O)Nc3ccc(Oc4ccc(Br)cc4)cc3)cc2C1=O. The van der Waals surface area contributed by atoms with Gasteiger partial charge in [0, 0.05) is 36.0 Å². The Morgan fingerprint density at radius 1 is 0.909 bits per heavy atom. The van der Waals surface area contributed by atoms with Crippen LogP contribution in [0.25, 0.3) is 0 Å². The molecule has 1 N–H and O–H groups in total. The van der Waals surface area contributed by atoms with E-state index in [0.717, 1.165) is 4.47 Å². The Hall–Kier alpha value is -3.49. The van der Waals surface area contributed by atoms with Gasteiger partial charge >= 0.3 is 0 Å². The fraction of sp³-hybridized carbons (Fsp3) is 0.160. The molecule has 3 amide bonds. The molecule has 0 saturated carbocycles. The molecule has 0 bridgehead atoms. The van der Waals surface area contributed by atoms with Gasteiger partial charge in [-0.25, -0.2) is 0 Å². The van der Waals surface area contributed by atoms with E-state index in [9.17, 15) is 14.4 Å². The van der Waals surface area contributed by atoms with Crippen LogP contribution in [0.5, 0.6) is 11.5 Å². The number of nitrogens with zero attached hydrogens (tertiary/aromatic N) is 1. The predicted molar refractivity (Wildman–Crippen MR) is 127 cm³/mol. The zero-order valence-corrected chi connectivity index (χ0v) is 19.4. The number of carbonyl (C=O) groups excluding carboxylic acids is 3. The van der Waals surface area contributed by atoms with Crippen molar-refractivity contribution in [3.8, 4) is 11.5 Å². The Labute approximate surface area is 199 Å². The predicted octanol–water partition coefficient (Wildman–Crippen LogP) is 5.13. The van der Waals surface area contributed by atoms with Gasteiger partial charge in [0.05, 0.1) is 11.1 Å². The van der Waals surface area contributed by atoms with Gasteiger partial charge in [0.1, 0.15) is 11.5 Å². The Kier molecular flexibility index (Phi) is 6.86.